The molecule has 150 valence electrons. The number of aryl methyl sites for hydroxylation is 1. The van der Waals surface area contributed by atoms with Crippen LogP contribution < -0.4 is 10.1 Å². The van der Waals surface area contributed by atoms with E-state index in [1.165, 1.54) is 6.07 Å². The minimum Gasteiger partial charge on any atom is -0.486 e. The van der Waals surface area contributed by atoms with E-state index in [1.807, 2.05) is 0 Å². The molecule has 2 aromatic rings. The Balaban J connectivity index is 2.14. The van der Waals surface area contributed by atoms with Crippen LogP contribution in [0, 0.1) is 11.7 Å². The Bertz CT molecular complexity index is 863. The smallest absolute Gasteiger partial charge is 0.303 e. The number of hydrogen-bond acceptors (Lipinski definition) is 3. The number of aliphatic carboxylic acids is 1. The topological polar surface area (TPSA) is 75.6 Å². The molecule has 0 aliphatic heterocycles. The number of amides is 1. The highest BCUT2D eigenvalue weighted by atomic mass is 79.9. The molecule has 28 heavy (non-hydrogen) atoms. The van der Waals surface area contributed by atoms with Crippen LogP contribution in [0.4, 0.5) is 10.1 Å². The first-order chi connectivity index (χ1) is 13.2. The third-order valence-electron chi connectivity index (χ3n) is 3.92. The monoisotopic (exact) mass is 515 g/mol. The second-order valence-corrected chi connectivity index (χ2v) is 8.20. The number of anilines is 1. The predicted molar refractivity (Wildman–Crippen MR) is 112 cm³/mol. The minimum absolute atomic E-state index is 0.0270. The number of rotatable bonds is 8. The molecule has 0 saturated heterocycles. The zero-order valence-corrected chi connectivity index (χ0v) is 18.6. The third kappa shape index (κ3) is 6.04. The van der Waals surface area contributed by atoms with Crippen molar-refractivity contribution in [3.8, 4) is 5.75 Å². The van der Waals surface area contributed by atoms with Gasteiger partial charge < -0.3 is 15.2 Å². The highest BCUT2D eigenvalue weighted by Gasteiger charge is 2.15. The number of carbonyl (C=O) groups excluding carboxylic acids is 1. The summed E-state index contributed by atoms with van der Waals surface area (Å²) in [5.74, 6) is -1.45. The van der Waals surface area contributed by atoms with Crippen LogP contribution in [-0.4, -0.2) is 17.0 Å². The standard InChI is InChI=1S/C20H20Br2FNO4/c1-11(2)20(27)24-16-5-3-4-13(18(16)23)10-28-19-14(21)8-12(9-15(19)22)6-7-17(25)26/h3-5,8-9,11H,6-7,10H2,1-2H3,(H,24,27)(H,25,26). The van der Waals surface area contributed by atoms with E-state index in [-0.39, 0.29) is 30.5 Å². The molecule has 0 fully saturated rings. The van der Waals surface area contributed by atoms with Gasteiger partial charge >= 0.3 is 5.97 Å². The van der Waals surface area contributed by atoms with Crippen molar-refractivity contribution in [3.63, 3.8) is 0 Å². The molecule has 0 saturated carbocycles. The summed E-state index contributed by atoms with van der Waals surface area (Å²) in [6.07, 6.45) is 0.415. The number of carboxylic acids is 1. The number of nitrogens with one attached hydrogen (secondary N) is 1. The van der Waals surface area contributed by atoms with Crippen molar-refractivity contribution in [3.05, 3.63) is 56.2 Å². The lowest BCUT2D eigenvalue weighted by Gasteiger charge is -2.14. The van der Waals surface area contributed by atoms with Crippen molar-refractivity contribution in [2.24, 2.45) is 5.92 Å². The van der Waals surface area contributed by atoms with E-state index in [0.717, 1.165) is 5.56 Å². The van der Waals surface area contributed by atoms with Crippen molar-refractivity contribution in [2.45, 2.75) is 33.3 Å². The molecule has 2 N–H and O–H groups in total. The summed E-state index contributed by atoms with van der Waals surface area (Å²) >= 11 is 6.81. The third-order valence-corrected chi connectivity index (χ3v) is 5.10. The number of benzene rings is 2. The Morgan fingerprint density at radius 3 is 2.43 bits per heavy atom. The molecule has 0 heterocycles. The van der Waals surface area contributed by atoms with E-state index in [2.05, 4.69) is 37.2 Å². The second-order valence-electron chi connectivity index (χ2n) is 6.49. The molecule has 0 bridgehead atoms. The summed E-state index contributed by atoms with van der Waals surface area (Å²) in [4.78, 5) is 22.5. The molecule has 0 atom stereocenters. The van der Waals surface area contributed by atoms with E-state index in [9.17, 15) is 14.0 Å². The van der Waals surface area contributed by atoms with Gasteiger partial charge in [0.15, 0.2) is 5.82 Å². The van der Waals surface area contributed by atoms with Gasteiger partial charge in [0.1, 0.15) is 12.4 Å². The van der Waals surface area contributed by atoms with Gasteiger partial charge in [0.25, 0.3) is 0 Å². The van der Waals surface area contributed by atoms with E-state index in [4.69, 9.17) is 9.84 Å². The summed E-state index contributed by atoms with van der Waals surface area (Å²) in [5, 5.41) is 11.4. The first-order valence-electron chi connectivity index (χ1n) is 8.59. The van der Waals surface area contributed by atoms with Crippen molar-refractivity contribution in [1.29, 1.82) is 0 Å². The lowest BCUT2D eigenvalue weighted by atomic mass is 10.1. The van der Waals surface area contributed by atoms with E-state index in [0.29, 0.717) is 26.7 Å². The Labute approximate surface area is 179 Å². The molecular weight excluding hydrogens is 497 g/mol. The maximum Gasteiger partial charge on any atom is 0.303 e. The highest BCUT2D eigenvalue weighted by molar-refractivity contribution is 9.11. The summed E-state index contributed by atoms with van der Waals surface area (Å²) < 4.78 is 21.7. The molecule has 1 amide bonds. The van der Waals surface area contributed by atoms with Gasteiger partial charge in [-0.25, -0.2) is 4.39 Å². The maximum absolute atomic E-state index is 14.7. The average Bonchev–Trinajstić information content (AvgIpc) is 2.61. The molecule has 2 rings (SSSR count). The Kier molecular flexibility index (Phi) is 8.00. The lowest BCUT2D eigenvalue weighted by Crippen LogP contribution is -2.19. The summed E-state index contributed by atoms with van der Waals surface area (Å²) in [7, 11) is 0. The van der Waals surface area contributed by atoms with Gasteiger partial charge in [-0.15, -0.1) is 0 Å². The Hall–Kier alpha value is -1.93. The van der Waals surface area contributed by atoms with Gasteiger partial charge in [-0.1, -0.05) is 26.0 Å². The SMILES string of the molecule is CC(C)C(=O)Nc1cccc(COc2c(Br)cc(CCC(=O)O)cc2Br)c1F. The van der Waals surface area contributed by atoms with Gasteiger partial charge in [-0.3, -0.25) is 9.59 Å². The molecule has 0 aliphatic carbocycles. The van der Waals surface area contributed by atoms with E-state index < -0.39 is 11.8 Å². The van der Waals surface area contributed by atoms with Gasteiger partial charge in [-0.2, -0.15) is 0 Å². The van der Waals surface area contributed by atoms with Crippen LogP contribution in [0.15, 0.2) is 39.3 Å². The second kappa shape index (κ2) is 10.0. The van der Waals surface area contributed by atoms with Crippen molar-refractivity contribution >= 4 is 49.4 Å². The van der Waals surface area contributed by atoms with Crippen molar-refractivity contribution in [1.82, 2.24) is 0 Å². The first-order valence-corrected chi connectivity index (χ1v) is 10.2. The predicted octanol–water partition coefficient (Wildman–Crippen LogP) is 5.54. The first kappa shape index (κ1) is 22.4. The maximum atomic E-state index is 14.7. The fraction of sp³-hybridized carbons (Fsp3) is 0.300. The summed E-state index contributed by atoms with van der Waals surface area (Å²) in [6, 6.07) is 8.29. The van der Waals surface area contributed by atoms with Crippen LogP contribution in [0.25, 0.3) is 0 Å². The van der Waals surface area contributed by atoms with Crippen LogP contribution >= 0.6 is 31.9 Å². The zero-order valence-electron chi connectivity index (χ0n) is 15.4. The number of ether oxygens (including phenoxy) is 1. The average molecular weight is 517 g/mol. The molecule has 0 aliphatic rings. The minimum atomic E-state index is -0.868. The molecule has 5 nitrogen and oxygen atoms in total. The molecule has 0 unspecified atom stereocenters. The summed E-state index contributed by atoms with van der Waals surface area (Å²) in [6.45, 7) is 3.42. The van der Waals surface area contributed by atoms with Crippen molar-refractivity contribution < 1.29 is 23.8 Å². The van der Waals surface area contributed by atoms with Crippen LogP contribution in [0.3, 0.4) is 0 Å². The van der Waals surface area contributed by atoms with Gasteiger partial charge in [-0.05, 0) is 62.0 Å². The molecule has 2 aromatic carbocycles. The van der Waals surface area contributed by atoms with E-state index in [1.54, 1.807) is 38.1 Å². The van der Waals surface area contributed by atoms with Crippen LogP contribution in [0.1, 0.15) is 31.4 Å². The number of hydrogen-bond donors (Lipinski definition) is 2. The van der Waals surface area contributed by atoms with Crippen molar-refractivity contribution in [2.75, 3.05) is 5.32 Å². The lowest BCUT2D eigenvalue weighted by molar-refractivity contribution is -0.137. The largest absolute Gasteiger partial charge is 0.486 e. The van der Waals surface area contributed by atoms with Crippen LogP contribution in [0.2, 0.25) is 0 Å². The van der Waals surface area contributed by atoms with Crippen LogP contribution in [0.5, 0.6) is 5.75 Å². The molecule has 0 radical (unpaired) electrons. The molecular formula is C20H20Br2FNO4. The highest BCUT2D eigenvalue weighted by Crippen LogP contribution is 2.36. The normalized spacial score (nSPS) is 10.8. The molecule has 0 spiro atoms. The quantitative estimate of drug-likeness (QED) is 0.483. The molecule has 8 heteroatoms. The summed E-state index contributed by atoms with van der Waals surface area (Å²) in [5.41, 5.74) is 1.25. The van der Waals surface area contributed by atoms with Gasteiger partial charge in [0.05, 0.1) is 14.6 Å². The van der Waals surface area contributed by atoms with E-state index >= 15 is 0 Å². The fourth-order valence-corrected chi connectivity index (χ4v) is 3.87. The molecule has 0 aromatic heterocycles. The van der Waals surface area contributed by atoms with Gasteiger partial charge in [0, 0.05) is 17.9 Å². The Morgan fingerprint density at radius 2 is 1.86 bits per heavy atom. The van der Waals surface area contributed by atoms with Gasteiger partial charge in [0.2, 0.25) is 5.91 Å². The fourth-order valence-electron chi connectivity index (χ4n) is 2.36. The Morgan fingerprint density at radius 1 is 1.21 bits per heavy atom. The zero-order chi connectivity index (χ0) is 20.8. The number of carboxylic acid groups (broad SMARTS) is 1. The number of carbonyl (C=O) groups is 2. The van der Waals surface area contributed by atoms with Crippen LogP contribution in [-0.2, 0) is 22.6 Å². The number of halogens is 3.